The van der Waals surface area contributed by atoms with E-state index >= 15 is 0 Å². The van der Waals surface area contributed by atoms with Crippen LogP contribution in [-0.2, 0) is 9.59 Å². The smallest absolute Gasteiger partial charge is 0.312 e. The van der Waals surface area contributed by atoms with E-state index in [1.165, 1.54) is 0 Å². The van der Waals surface area contributed by atoms with Crippen LogP contribution in [0, 0.1) is 11.3 Å². The topological polar surface area (TPSA) is 122 Å². The maximum absolute atomic E-state index is 12.1. The predicted molar refractivity (Wildman–Crippen MR) is 72.9 cm³/mol. The van der Waals surface area contributed by atoms with Crippen LogP contribution in [0.1, 0.15) is 39.5 Å². The Labute approximate surface area is 118 Å². The Morgan fingerprint density at radius 3 is 2.30 bits per heavy atom. The maximum Gasteiger partial charge on any atom is 0.312 e. The number of carboxylic acids is 1. The molecule has 0 heterocycles. The second-order valence-electron chi connectivity index (χ2n) is 5.53. The molecule has 1 fully saturated rings. The van der Waals surface area contributed by atoms with Gasteiger partial charge in [0.25, 0.3) is 0 Å². The fourth-order valence-electron chi connectivity index (χ4n) is 2.29. The summed E-state index contributed by atoms with van der Waals surface area (Å²) in [7, 11) is 0. The highest BCUT2D eigenvalue weighted by atomic mass is 16.4. The molecular formula is C13H23N3O4. The molecule has 114 valence electrons. The van der Waals surface area contributed by atoms with Gasteiger partial charge in [-0.3, -0.25) is 9.59 Å². The number of carbonyl (C=O) groups is 3. The molecule has 0 saturated heterocycles. The summed E-state index contributed by atoms with van der Waals surface area (Å²) in [6.45, 7) is 3.82. The fraction of sp³-hybridized carbons (Fsp3) is 0.769. The fourth-order valence-corrected chi connectivity index (χ4v) is 2.29. The molecule has 7 heteroatoms. The highest BCUT2D eigenvalue weighted by Gasteiger charge is 2.44. The molecule has 1 rings (SSSR count). The van der Waals surface area contributed by atoms with Crippen LogP contribution in [0.15, 0.2) is 0 Å². The Hall–Kier alpha value is -1.79. The van der Waals surface area contributed by atoms with E-state index in [4.69, 9.17) is 5.73 Å². The minimum absolute atomic E-state index is 0.0790. The van der Waals surface area contributed by atoms with E-state index in [1.807, 2.05) is 13.8 Å². The molecule has 0 bridgehead atoms. The van der Waals surface area contributed by atoms with Crippen molar-refractivity contribution in [3.05, 3.63) is 0 Å². The van der Waals surface area contributed by atoms with Gasteiger partial charge in [0.1, 0.15) is 6.04 Å². The average Bonchev–Trinajstić information content (AvgIpc) is 2.32. The third kappa shape index (κ3) is 3.61. The summed E-state index contributed by atoms with van der Waals surface area (Å²) in [5.41, 5.74) is 4.22. The van der Waals surface area contributed by atoms with Crippen LogP contribution in [0.2, 0.25) is 0 Å². The van der Waals surface area contributed by atoms with Crippen LogP contribution in [0.3, 0.4) is 0 Å². The third-order valence-corrected chi connectivity index (χ3v) is 4.16. The average molecular weight is 285 g/mol. The van der Waals surface area contributed by atoms with Crippen LogP contribution in [0.5, 0.6) is 0 Å². The number of amides is 3. The number of carboxylic acid groups (broad SMARTS) is 1. The van der Waals surface area contributed by atoms with Crippen molar-refractivity contribution in [1.82, 2.24) is 10.6 Å². The second-order valence-corrected chi connectivity index (χ2v) is 5.53. The number of urea groups is 1. The number of carbonyl (C=O) groups excluding carboxylic acids is 2. The van der Waals surface area contributed by atoms with Gasteiger partial charge in [0.2, 0.25) is 5.91 Å². The van der Waals surface area contributed by atoms with Crippen molar-refractivity contribution in [3.8, 4) is 0 Å². The number of rotatable bonds is 7. The van der Waals surface area contributed by atoms with E-state index in [-0.39, 0.29) is 18.4 Å². The SMILES string of the molecule is CCC(C)C(NC(N)=O)C(=O)NCC1(C(=O)O)CCC1. The number of primary amides is 1. The number of aliphatic carboxylic acids is 1. The van der Waals surface area contributed by atoms with Gasteiger partial charge in [0.05, 0.1) is 5.41 Å². The molecule has 2 unspecified atom stereocenters. The molecule has 5 N–H and O–H groups in total. The van der Waals surface area contributed by atoms with Gasteiger partial charge in [-0.05, 0) is 18.8 Å². The molecule has 2 atom stereocenters. The zero-order chi connectivity index (χ0) is 15.3. The highest BCUT2D eigenvalue weighted by Crippen LogP contribution is 2.40. The van der Waals surface area contributed by atoms with Crippen LogP contribution in [0.4, 0.5) is 4.79 Å². The molecule has 1 aliphatic carbocycles. The summed E-state index contributed by atoms with van der Waals surface area (Å²) in [5.74, 6) is -1.35. The molecule has 0 spiro atoms. The molecule has 1 aliphatic rings. The van der Waals surface area contributed by atoms with Gasteiger partial charge in [-0.25, -0.2) is 4.79 Å². The number of hydrogen-bond acceptors (Lipinski definition) is 3. The number of nitrogens with two attached hydrogens (primary N) is 1. The molecule has 0 aromatic carbocycles. The predicted octanol–water partition coefficient (Wildman–Crippen LogP) is 0.441. The van der Waals surface area contributed by atoms with Crippen LogP contribution >= 0.6 is 0 Å². The standard InChI is InChI=1S/C13H23N3O4/c1-3-8(2)9(16-12(14)20)10(17)15-7-13(11(18)19)5-4-6-13/h8-9H,3-7H2,1-2H3,(H,15,17)(H,18,19)(H3,14,16,20). The number of hydrogen-bond donors (Lipinski definition) is 4. The van der Waals surface area contributed by atoms with Crippen molar-refractivity contribution in [2.75, 3.05) is 6.54 Å². The van der Waals surface area contributed by atoms with Crippen molar-refractivity contribution < 1.29 is 19.5 Å². The van der Waals surface area contributed by atoms with Crippen molar-refractivity contribution in [1.29, 1.82) is 0 Å². The molecular weight excluding hydrogens is 262 g/mol. The molecule has 20 heavy (non-hydrogen) atoms. The third-order valence-electron chi connectivity index (χ3n) is 4.16. The maximum atomic E-state index is 12.1. The van der Waals surface area contributed by atoms with E-state index in [9.17, 15) is 19.5 Å². The van der Waals surface area contributed by atoms with Gasteiger partial charge in [-0.2, -0.15) is 0 Å². The first-order valence-corrected chi connectivity index (χ1v) is 6.89. The minimum atomic E-state index is -0.882. The largest absolute Gasteiger partial charge is 0.481 e. The summed E-state index contributed by atoms with van der Waals surface area (Å²) in [6, 6.07) is -1.49. The first-order chi connectivity index (χ1) is 9.32. The normalized spacial score (nSPS) is 19.3. The molecule has 7 nitrogen and oxygen atoms in total. The first-order valence-electron chi connectivity index (χ1n) is 6.89. The van der Waals surface area contributed by atoms with Gasteiger partial charge in [0.15, 0.2) is 0 Å². The summed E-state index contributed by atoms with van der Waals surface area (Å²) in [5, 5.41) is 14.2. The Morgan fingerprint density at radius 1 is 1.35 bits per heavy atom. The second kappa shape index (κ2) is 6.58. The minimum Gasteiger partial charge on any atom is -0.481 e. The summed E-state index contributed by atoms with van der Waals surface area (Å²) in [6.07, 6.45) is 2.69. The van der Waals surface area contributed by atoms with Gasteiger partial charge in [0, 0.05) is 6.54 Å². The summed E-state index contributed by atoms with van der Waals surface area (Å²) in [4.78, 5) is 34.3. The van der Waals surface area contributed by atoms with Crippen molar-refractivity contribution in [2.45, 2.75) is 45.6 Å². The van der Waals surface area contributed by atoms with E-state index in [2.05, 4.69) is 10.6 Å². The first kappa shape index (κ1) is 16.3. The number of nitrogens with one attached hydrogen (secondary N) is 2. The molecule has 0 radical (unpaired) electrons. The van der Waals surface area contributed by atoms with Gasteiger partial charge in [-0.15, -0.1) is 0 Å². The van der Waals surface area contributed by atoms with Crippen LogP contribution in [0.25, 0.3) is 0 Å². The lowest BCUT2D eigenvalue weighted by Gasteiger charge is -2.38. The van der Waals surface area contributed by atoms with E-state index < -0.39 is 23.5 Å². The molecule has 0 aromatic rings. The zero-order valence-corrected chi connectivity index (χ0v) is 11.9. The molecule has 0 aliphatic heterocycles. The lowest BCUT2D eigenvalue weighted by molar-refractivity contribution is -0.154. The Morgan fingerprint density at radius 2 is 1.95 bits per heavy atom. The molecule has 1 saturated carbocycles. The molecule has 3 amide bonds. The highest BCUT2D eigenvalue weighted by molar-refractivity contribution is 5.87. The quantitative estimate of drug-likeness (QED) is 0.542. The monoisotopic (exact) mass is 285 g/mol. The van der Waals surface area contributed by atoms with Crippen LogP contribution < -0.4 is 16.4 Å². The van der Waals surface area contributed by atoms with Gasteiger partial charge in [-0.1, -0.05) is 26.7 Å². The molecule has 0 aromatic heterocycles. The summed E-state index contributed by atoms with van der Waals surface area (Å²) < 4.78 is 0. The lowest BCUT2D eigenvalue weighted by atomic mass is 9.68. The van der Waals surface area contributed by atoms with Crippen LogP contribution in [-0.4, -0.2) is 35.6 Å². The van der Waals surface area contributed by atoms with E-state index in [0.717, 1.165) is 6.42 Å². The van der Waals surface area contributed by atoms with E-state index in [0.29, 0.717) is 19.3 Å². The Kier molecular flexibility index (Phi) is 5.35. The van der Waals surface area contributed by atoms with Gasteiger partial charge < -0.3 is 21.5 Å². The zero-order valence-electron chi connectivity index (χ0n) is 11.9. The van der Waals surface area contributed by atoms with Gasteiger partial charge >= 0.3 is 12.0 Å². The Bertz CT molecular complexity index is 393. The Balaban J connectivity index is 2.62. The van der Waals surface area contributed by atoms with Crippen molar-refractivity contribution >= 4 is 17.9 Å². The van der Waals surface area contributed by atoms with Crippen molar-refractivity contribution in [2.24, 2.45) is 17.1 Å². The lowest BCUT2D eigenvalue weighted by Crippen LogP contribution is -2.55. The van der Waals surface area contributed by atoms with Crippen molar-refractivity contribution in [3.63, 3.8) is 0 Å². The summed E-state index contributed by atoms with van der Waals surface area (Å²) >= 11 is 0. The van der Waals surface area contributed by atoms with E-state index in [1.54, 1.807) is 0 Å².